The summed E-state index contributed by atoms with van der Waals surface area (Å²) in [7, 11) is 0. The average Bonchev–Trinajstić information content (AvgIpc) is 3.63. The van der Waals surface area contributed by atoms with Gasteiger partial charge in [-0.15, -0.1) is 0 Å². The van der Waals surface area contributed by atoms with Crippen molar-refractivity contribution in [1.82, 2.24) is 29.3 Å². The molecule has 0 saturated carbocycles. The van der Waals surface area contributed by atoms with E-state index in [0.717, 1.165) is 32.9 Å². The van der Waals surface area contributed by atoms with Crippen LogP contribution in [0.3, 0.4) is 0 Å². The van der Waals surface area contributed by atoms with Crippen molar-refractivity contribution in [3.05, 3.63) is 171 Å². The predicted molar refractivity (Wildman–Crippen MR) is 225 cm³/mol. The molecular weight excluding hydrogens is 820 g/mol. The van der Waals surface area contributed by atoms with Gasteiger partial charge >= 0.3 is 322 Å². The molecule has 0 saturated heterocycles. The van der Waals surface area contributed by atoms with Crippen LogP contribution in [0.4, 0.5) is 0 Å². The van der Waals surface area contributed by atoms with Gasteiger partial charge in [-0.25, -0.2) is 0 Å². The maximum absolute atomic E-state index is 5.54. The molecule has 10 heteroatoms. The van der Waals surface area contributed by atoms with Gasteiger partial charge in [0.2, 0.25) is 0 Å². The Hall–Kier alpha value is -4.89. The quantitative estimate of drug-likeness (QED) is 0.112. The fraction of sp³-hybridized carbons (Fsp3) is 0. The Labute approximate surface area is 320 Å². The van der Waals surface area contributed by atoms with Crippen molar-refractivity contribution in [1.29, 1.82) is 0 Å². The minimum atomic E-state index is -2.20. The Balaban J connectivity index is 1.32. The summed E-state index contributed by atoms with van der Waals surface area (Å²) >= 11 is 7.40. The summed E-state index contributed by atoms with van der Waals surface area (Å²) < 4.78 is 2.38. The molecule has 0 amide bonds. The summed E-state index contributed by atoms with van der Waals surface area (Å²) in [5.74, 6) is 0. The van der Waals surface area contributed by atoms with Crippen LogP contribution in [0.2, 0.25) is 0 Å². The summed E-state index contributed by atoms with van der Waals surface area (Å²) in [6.07, 6.45) is 15.1. The molecule has 10 aromatic rings. The SMILES string of the molecule is [Se]=P(c1ccncc1)(c1cccnc1)c1ccc2c(c1)nc1c3c4ccccc4ccc3c3ccc(P(=[Se])(c4ccncc4)c4ccncc4)cc3n21. The van der Waals surface area contributed by atoms with Crippen LogP contribution in [0.5, 0.6) is 0 Å². The number of hydrogen-bond donors (Lipinski definition) is 0. The summed E-state index contributed by atoms with van der Waals surface area (Å²) in [6, 6.07) is 43.9. The van der Waals surface area contributed by atoms with E-state index >= 15 is 0 Å². The summed E-state index contributed by atoms with van der Waals surface area (Å²) in [6.45, 7) is 0. The topological polar surface area (TPSA) is 68.9 Å². The number of benzene rings is 4. The molecule has 53 heavy (non-hydrogen) atoms. The third kappa shape index (κ3) is 5.10. The molecule has 0 spiro atoms. The summed E-state index contributed by atoms with van der Waals surface area (Å²) in [5.41, 5.74) is -0.329. The second-order valence-electron chi connectivity index (χ2n) is 12.9. The fourth-order valence-electron chi connectivity index (χ4n) is 7.64. The first kappa shape index (κ1) is 32.7. The number of nitrogens with zero attached hydrogens (tertiary/aromatic N) is 6. The first-order valence-electron chi connectivity index (χ1n) is 17.1. The molecule has 0 N–H and O–H groups in total. The van der Waals surface area contributed by atoms with E-state index in [1.54, 1.807) is 0 Å². The molecule has 252 valence electrons. The van der Waals surface area contributed by atoms with E-state index < -0.39 is 11.0 Å². The van der Waals surface area contributed by atoms with Crippen molar-refractivity contribution in [3.8, 4) is 0 Å². The third-order valence-electron chi connectivity index (χ3n) is 10.1. The van der Waals surface area contributed by atoms with Crippen LogP contribution in [-0.4, -0.2) is 59.5 Å². The molecule has 1 atom stereocenters. The van der Waals surface area contributed by atoms with Gasteiger partial charge in [-0.05, 0) is 0 Å². The van der Waals surface area contributed by atoms with E-state index in [-0.39, 0.29) is 0 Å². The Morgan fingerprint density at radius 3 is 1.70 bits per heavy atom. The van der Waals surface area contributed by atoms with E-state index in [2.05, 4.69) is 170 Å². The second-order valence-corrected chi connectivity index (χ2v) is 25.3. The van der Waals surface area contributed by atoms with Crippen molar-refractivity contribution in [3.63, 3.8) is 0 Å². The van der Waals surface area contributed by atoms with Crippen LogP contribution < -0.4 is 31.8 Å². The number of hydrogen-bond acceptors (Lipinski definition) is 5. The molecule has 0 aliphatic heterocycles. The minimum absolute atomic E-state index is 0.944. The van der Waals surface area contributed by atoms with Gasteiger partial charge in [-0.2, -0.15) is 0 Å². The number of aromatic nitrogens is 6. The van der Waals surface area contributed by atoms with Gasteiger partial charge in [0.15, 0.2) is 0 Å². The first-order chi connectivity index (χ1) is 26.0. The Morgan fingerprint density at radius 2 is 1.04 bits per heavy atom. The third-order valence-corrected chi connectivity index (χ3v) is 24.2. The standard InChI is InChI=1S/C43H28N6P2Se2/c52-50(30-13-20-44-21-14-30,31-15-22-45-23-16-31)34-8-11-37-38-10-7-29-4-1-2-6-36(29)42(38)43-48-39-26-33(9-12-40(39)49(43)41(37)27-34)51(53,32-17-24-46-25-18-32)35-5-3-19-47-28-35/h1-28H. The molecular formula is C43H28N6P2Se2. The number of imidazole rings is 1. The molecule has 0 bridgehead atoms. The van der Waals surface area contributed by atoms with Gasteiger partial charge in [0.05, 0.1) is 0 Å². The van der Waals surface area contributed by atoms with Crippen LogP contribution in [0.15, 0.2) is 171 Å². The Kier molecular flexibility index (Phi) is 7.97. The summed E-state index contributed by atoms with van der Waals surface area (Å²) in [5, 5.41) is 13.1. The predicted octanol–water partition coefficient (Wildman–Crippen LogP) is 6.28. The van der Waals surface area contributed by atoms with Crippen LogP contribution >= 0.6 is 11.0 Å². The Morgan fingerprint density at radius 1 is 0.434 bits per heavy atom. The van der Waals surface area contributed by atoms with Gasteiger partial charge in [-0.1, -0.05) is 0 Å². The van der Waals surface area contributed by atoms with E-state index in [1.807, 2.05) is 55.6 Å². The van der Waals surface area contributed by atoms with Crippen LogP contribution in [0.1, 0.15) is 0 Å². The Bertz CT molecular complexity index is 3040. The second kappa shape index (κ2) is 12.9. The van der Waals surface area contributed by atoms with Crippen LogP contribution in [0.25, 0.3) is 49.1 Å². The van der Waals surface area contributed by atoms with Gasteiger partial charge in [-0.3, -0.25) is 0 Å². The van der Waals surface area contributed by atoms with Crippen molar-refractivity contribution >= 4 is 122 Å². The molecule has 10 rings (SSSR count). The molecule has 4 aromatic carbocycles. The molecule has 0 aliphatic carbocycles. The molecule has 1 unspecified atom stereocenters. The zero-order valence-corrected chi connectivity index (χ0v) is 33.3. The molecule has 6 aromatic heterocycles. The van der Waals surface area contributed by atoms with E-state index in [4.69, 9.17) is 4.98 Å². The van der Waals surface area contributed by atoms with Crippen molar-refractivity contribution in [2.45, 2.75) is 0 Å². The zero-order valence-electron chi connectivity index (χ0n) is 28.1. The molecule has 6 nitrogen and oxygen atoms in total. The molecule has 6 heterocycles. The van der Waals surface area contributed by atoms with Crippen molar-refractivity contribution in [2.75, 3.05) is 0 Å². The van der Waals surface area contributed by atoms with Gasteiger partial charge in [0, 0.05) is 0 Å². The fourth-order valence-corrected chi connectivity index (χ4v) is 17.2. The van der Waals surface area contributed by atoms with Crippen LogP contribution in [-0.2, 0) is 0 Å². The summed E-state index contributed by atoms with van der Waals surface area (Å²) in [4.78, 5) is 23.1. The zero-order chi connectivity index (χ0) is 35.6. The van der Waals surface area contributed by atoms with Gasteiger partial charge in [0.25, 0.3) is 0 Å². The molecule has 0 radical (unpaired) electrons. The number of pyridine rings is 5. The average molecular weight is 849 g/mol. The van der Waals surface area contributed by atoms with E-state index in [1.165, 1.54) is 48.1 Å². The maximum atomic E-state index is 5.54. The number of rotatable bonds is 6. The van der Waals surface area contributed by atoms with Crippen molar-refractivity contribution < 1.29 is 0 Å². The monoisotopic (exact) mass is 850 g/mol. The molecule has 0 fully saturated rings. The first-order valence-corrected chi connectivity index (χ1v) is 25.1. The van der Waals surface area contributed by atoms with E-state index in [9.17, 15) is 0 Å². The van der Waals surface area contributed by atoms with Gasteiger partial charge < -0.3 is 0 Å². The molecule has 0 aliphatic rings. The van der Waals surface area contributed by atoms with Crippen LogP contribution in [0, 0.1) is 0 Å². The van der Waals surface area contributed by atoms with Gasteiger partial charge in [0.1, 0.15) is 0 Å². The van der Waals surface area contributed by atoms with Crippen molar-refractivity contribution in [2.24, 2.45) is 0 Å². The number of fused-ring (bicyclic) bond motifs is 10. The van der Waals surface area contributed by atoms with E-state index in [0.29, 0.717) is 0 Å². The normalized spacial score (nSPS) is 13.2.